The quantitative estimate of drug-likeness (QED) is 0.408. The van der Waals surface area contributed by atoms with Crippen LogP contribution in [0.5, 0.6) is 0 Å². The van der Waals surface area contributed by atoms with Crippen LogP contribution in [-0.2, 0) is 6.42 Å². The maximum Gasteiger partial charge on any atom is 0.132 e. The molecular formula is C9H10FNO. The van der Waals surface area contributed by atoms with Gasteiger partial charge in [-0.15, -0.1) is 0 Å². The fourth-order valence-corrected chi connectivity index (χ4v) is 1.09. The Labute approximate surface area is 70.3 Å². The summed E-state index contributed by atoms with van der Waals surface area (Å²) in [5.41, 5.74) is 1.20. The maximum absolute atomic E-state index is 13.0. The van der Waals surface area contributed by atoms with Crippen molar-refractivity contribution in [3.63, 3.8) is 0 Å². The summed E-state index contributed by atoms with van der Waals surface area (Å²) in [4.78, 5) is 0. The lowest BCUT2D eigenvalue weighted by Gasteiger charge is -2.01. The van der Waals surface area contributed by atoms with Crippen molar-refractivity contribution in [2.45, 2.75) is 13.3 Å². The molecule has 0 spiro atoms. The Hall–Kier alpha value is -1.38. The van der Waals surface area contributed by atoms with E-state index in [0.29, 0.717) is 5.56 Å². The lowest BCUT2D eigenvalue weighted by atomic mass is 10.1. The SMILES string of the molecule is CCc1cccc(F)c1/C=N/O. The number of rotatable bonds is 2. The molecule has 0 aromatic heterocycles. The van der Waals surface area contributed by atoms with Gasteiger partial charge in [0.15, 0.2) is 0 Å². The van der Waals surface area contributed by atoms with Crippen LogP contribution in [0.1, 0.15) is 18.1 Å². The third kappa shape index (κ3) is 1.61. The first-order chi connectivity index (χ1) is 5.79. The van der Waals surface area contributed by atoms with E-state index >= 15 is 0 Å². The monoisotopic (exact) mass is 167 g/mol. The third-order valence-electron chi connectivity index (χ3n) is 1.71. The highest BCUT2D eigenvalue weighted by atomic mass is 19.1. The van der Waals surface area contributed by atoms with Crippen LogP contribution in [0.25, 0.3) is 0 Å². The molecule has 0 aliphatic carbocycles. The van der Waals surface area contributed by atoms with E-state index in [4.69, 9.17) is 5.21 Å². The Balaban J connectivity index is 3.19. The number of nitrogens with zero attached hydrogens (tertiary/aromatic N) is 1. The zero-order valence-corrected chi connectivity index (χ0v) is 6.79. The molecule has 1 aromatic carbocycles. The summed E-state index contributed by atoms with van der Waals surface area (Å²) in [5, 5.41) is 11.1. The highest BCUT2D eigenvalue weighted by Crippen LogP contribution is 2.11. The van der Waals surface area contributed by atoms with E-state index in [9.17, 15) is 4.39 Å². The minimum atomic E-state index is -0.354. The number of oxime groups is 1. The van der Waals surface area contributed by atoms with E-state index in [1.54, 1.807) is 12.1 Å². The first kappa shape index (κ1) is 8.71. The smallest absolute Gasteiger partial charge is 0.132 e. The standard InChI is InChI=1S/C9H10FNO/c1-2-7-4-3-5-9(10)8(7)6-11-12/h3-6,12H,2H2,1H3/b11-6+. The normalized spacial score (nSPS) is 10.8. The van der Waals surface area contributed by atoms with Crippen LogP contribution in [0.15, 0.2) is 23.4 Å². The molecular weight excluding hydrogens is 157 g/mol. The van der Waals surface area contributed by atoms with E-state index in [0.717, 1.165) is 18.2 Å². The topological polar surface area (TPSA) is 32.6 Å². The third-order valence-corrected chi connectivity index (χ3v) is 1.71. The van der Waals surface area contributed by atoms with Crippen molar-refractivity contribution in [3.05, 3.63) is 35.1 Å². The molecule has 0 atom stereocenters. The molecule has 64 valence electrons. The van der Waals surface area contributed by atoms with Crippen LogP contribution < -0.4 is 0 Å². The van der Waals surface area contributed by atoms with Crippen molar-refractivity contribution in [1.29, 1.82) is 0 Å². The van der Waals surface area contributed by atoms with Crippen LogP contribution >= 0.6 is 0 Å². The zero-order chi connectivity index (χ0) is 8.97. The van der Waals surface area contributed by atoms with E-state index in [1.807, 2.05) is 6.92 Å². The highest BCUT2D eigenvalue weighted by Gasteiger charge is 2.03. The minimum absolute atomic E-state index is 0.354. The van der Waals surface area contributed by atoms with Crippen LogP contribution in [0, 0.1) is 5.82 Å². The Morgan fingerprint density at radius 2 is 2.33 bits per heavy atom. The number of hydrogen-bond acceptors (Lipinski definition) is 2. The fourth-order valence-electron chi connectivity index (χ4n) is 1.09. The second-order valence-corrected chi connectivity index (χ2v) is 2.41. The zero-order valence-electron chi connectivity index (χ0n) is 6.79. The molecule has 0 bridgehead atoms. The predicted octanol–water partition coefficient (Wildman–Crippen LogP) is 2.20. The van der Waals surface area contributed by atoms with Gasteiger partial charge in [-0.25, -0.2) is 4.39 Å². The molecule has 12 heavy (non-hydrogen) atoms. The maximum atomic E-state index is 13.0. The van der Waals surface area contributed by atoms with Gasteiger partial charge in [-0.05, 0) is 18.1 Å². The molecule has 0 saturated carbocycles. The number of halogens is 1. The van der Waals surface area contributed by atoms with E-state index in [1.165, 1.54) is 6.07 Å². The summed E-state index contributed by atoms with van der Waals surface area (Å²) in [6, 6.07) is 4.79. The lowest BCUT2D eigenvalue weighted by molar-refractivity contribution is 0.321. The molecule has 3 heteroatoms. The van der Waals surface area contributed by atoms with Crippen molar-refractivity contribution >= 4 is 6.21 Å². The van der Waals surface area contributed by atoms with Gasteiger partial charge < -0.3 is 5.21 Å². The fraction of sp³-hybridized carbons (Fsp3) is 0.222. The summed E-state index contributed by atoms with van der Waals surface area (Å²) >= 11 is 0. The second-order valence-electron chi connectivity index (χ2n) is 2.41. The molecule has 1 rings (SSSR count). The molecule has 1 aromatic rings. The summed E-state index contributed by atoms with van der Waals surface area (Å²) in [7, 11) is 0. The molecule has 0 unspecified atom stereocenters. The van der Waals surface area contributed by atoms with Crippen molar-refractivity contribution in [1.82, 2.24) is 0 Å². The van der Waals surface area contributed by atoms with Crippen molar-refractivity contribution in [3.8, 4) is 0 Å². The number of benzene rings is 1. The van der Waals surface area contributed by atoms with Crippen molar-refractivity contribution in [2.75, 3.05) is 0 Å². The van der Waals surface area contributed by atoms with Gasteiger partial charge in [-0.2, -0.15) is 0 Å². The van der Waals surface area contributed by atoms with Gasteiger partial charge in [0.1, 0.15) is 5.82 Å². The van der Waals surface area contributed by atoms with Gasteiger partial charge in [-0.3, -0.25) is 0 Å². The van der Waals surface area contributed by atoms with Gasteiger partial charge in [-0.1, -0.05) is 24.2 Å². The van der Waals surface area contributed by atoms with Gasteiger partial charge in [0.2, 0.25) is 0 Å². The Morgan fingerprint density at radius 3 is 2.92 bits per heavy atom. The Kier molecular flexibility index (Phi) is 2.80. The van der Waals surface area contributed by atoms with Gasteiger partial charge in [0, 0.05) is 5.56 Å². The van der Waals surface area contributed by atoms with Crippen LogP contribution in [0.4, 0.5) is 4.39 Å². The summed E-state index contributed by atoms with van der Waals surface area (Å²) < 4.78 is 13.0. The number of aryl methyl sites for hydroxylation is 1. The van der Waals surface area contributed by atoms with Gasteiger partial charge in [0.05, 0.1) is 6.21 Å². The molecule has 0 amide bonds. The van der Waals surface area contributed by atoms with Crippen LogP contribution in [-0.4, -0.2) is 11.4 Å². The Morgan fingerprint density at radius 1 is 1.58 bits per heavy atom. The first-order valence-corrected chi connectivity index (χ1v) is 3.74. The lowest BCUT2D eigenvalue weighted by Crippen LogP contribution is -1.95. The van der Waals surface area contributed by atoms with Crippen molar-refractivity contribution in [2.24, 2.45) is 5.16 Å². The van der Waals surface area contributed by atoms with Gasteiger partial charge in [0.25, 0.3) is 0 Å². The molecule has 0 fully saturated rings. The second kappa shape index (κ2) is 3.85. The van der Waals surface area contributed by atoms with Crippen LogP contribution in [0.3, 0.4) is 0 Å². The molecule has 1 N–H and O–H groups in total. The van der Waals surface area contributed by atoms with Crippen molar-refractivity contribution < 1.29 is 9.60 Å². The molecule has 0 aliphatic heterocycles. The number of hydrogen-bond donors (Lipinski definition) is 1. The average molecular weight is 167 g/mol. The minimum Gasteiger partial charge on any atom is -0.411 e. The predicted molar refractivity (Wildman–Crippen MR) is 45.2 cm³/mol. The summed E-state index contributed by atoms with van der Waals surface area (Å²) in [6.07, 6.45) is 1.84. The molecule has 0 radical (unpaired) electrons. The van der Waals surface area contributed by atoms with E-state index in [-0.39, 0.29) is 5.82 Å². The molecule has 0 heterocycles. The van der Waals surface area contributed by atoms with E-state index in [2.05, 4.69) is 5.16 Å². The largest absolute Gasteiger partial charge is 0.411 e. The summed E-state index contributed by atoms with van der Waals surface area (Å²) in [6.45, 7) is 1.92. The Bertz CT molecular complexity index is 297. The van der Waals surface area contributed by atoms with E-state index < -0.39 is 0 Å². The molecule has 0 saturated heterocycles. The highest BCUT2D eigenvalue weighted by molar-refractivity contribution is 5.81. The van der Waals surface area contributed by atoms with Crippen LogP contribution in [0.2, 0.25) is 0 Å². The van der Waals surface area contributed by atoms with Gasteiger partial charge >= 0.3 is 0 Å². The first-order valence-electron chi connectivity index (χ1n) is 3.74. The summed E-state index contributed by atoms with van der Waals surface area (Å²) in [5.74, 6) is -0.354. The molecule has 2 nitrogen and oxygen atoms in total. The average Bonchev–Trinajstić information content (AvgIpc) is 2.09. The molecule has 0 aliphatic rings.